The van der Waals surface area contributed by atoms with Gasteiger partial charge in [0.05, 0.1) is 13.3 Å². The number of benzene rings is 2. The topological polar surface area (TPSA) is 74.8 Å². The first-order valence-electron chi connectivity index (χ1n) is 9.79. The van der Waals surface area contributed by atoms with E-state index in [4.69, 9.17) is 17.0 Å². The molecule has 0 bridgehead atoms. The molecule has 6 nitrogen and oxygen atoms in total. The lowest BCUT2D eigenvalue weighted by atomic mass is 9.96. The predicted octanol–water partition coefficient (Wildman–Crippen LogP) is 4.08. The zero-order valence-corrected chi connectivity index (χ0v) is 17.3. The summed E-state index contributed by atoms with van der Waals surface area (Å²) in [4.78, 5) is 12.2. The summed E-state index contributed by atoms with van der Waals surface area (Å²) in [5.74, 6) is 0.498. The molecule has 0 atom stereocenters. The Morgan fingerprint density at radius 3 is 2.41 bits per heavy atom. The first kappa shape index (κ1) is 20.8. The van der Waals surface area contributed by atoms with Crippen LogP contribution in [0.4, 0.5) is 5.69 Å². The molecule has 1 aliphatic rings. The maximum atomic E-state index is 12.2. The van der Waals surface area contributed by atoms with Crippen molar-refractivity contribution in [2.24, 2.45) is 5.10 Å². The number of carbonyl (C=O) groups is 1. The molecule has 1 fully saturated rings. The van der Waals surface area contributed by atoms with Crippen LogP contribution in [0, 0.1) is 0 Å². The van der Waals surface area contributed by atoms with Crippen molar-refractivity contribution in [2.45, 2.75) is 38.1 Å². The fourth-order valence-corrected chi connectivity index (χ4v) is 3.51. The van der Waals surface area contributed by atoms with Gasteiger partial charge in [-0.05, 0) is 79.2 Å². The molecule has 2 aromatic carbocycles. The summed E-state index contributed by atoms with van der Waals surface area (Å²) in [7, 11) is 1.62. The lowest BCUT2D eigenvalue weighted by Crippen LogP contribution is -2.38. The van der Waals surface area contributed by atoms with Crippen molar-refractivity contribution in [3.05, 3.63) is 59.7 Å². The summed E-state index contributed by atoms with van der Waals surface area (Å²) in [5, 5.41) is 11.2. The van der Waals surface area contributed by atoms with E-state index < -0.39 is 0 Å². The highest BCUT2D eigenvalue weighted by Gasteiger charge is 2.14. The number of nitrogens with zero attached hydrogens (tertiary/aromatic N) is 1. The number of ether oxygens (including phenoxy) is 1. The van der Waals surface area contributed by atoms with Crippen LogP contribution in [-0.4, -0.2) is 30.4 Å². The van der Waals surface area contributed by atoms with E-state index in [1.54, 1.807) is 25.5 Å². The van der Waals surface area contributed by atoms with Crippen LogP contribution in [0.1, 0.15) is 48.0 Å². The molecule has 0 radical (unpaired) electrons. The van der Waals surface area contributed by atoms with Crippen molar-refractivity contribution in [2.75, 3.05) is 12.4 Å². The third kappa shape index (κ3) is 6.57. The number of hydrazone groups is 1. The number of thiocarbonyl (C=S) groups is 1. The minimum atomic E-state index is -0.274. The third-order valence-electron chi connectivity index (χ3n) is 4.84. The Balaban J connectivity index is 1.47. The minimum absolute atomic E-state index is 0.274. The zero-order valence-electron chi connectivity index (χ0n) is 16.5. The molecule has 0 saturated heterocycles. The summed E-state index contributed by atoms with van der Waals surface area (Å²) in [6.07, 6.45) is 7.74. The van der Waals surface area contributed by atoms with Gasteiger partial charge in [-0.1, -0.05) is 19.3 Å². The SMILES string of the molecule is COc1ccc(/C=N\NC(=O)c2ccc(NC(=S)NC3CCCCC3)cc2)cc1. The van der Waals surface area contributed by atoms with E-state index in [1.807, 2.05) is 36.4 Å². The number of nitrogens with one attached hydrogen (secondary N) is 3. The van der Waals surface area contributed by atoms with E-state index in [9.17, 15) is 4.79 Å². The largest absolute Gasteiger partial charge is 0.497 e. The maximum absolute atomic E-state index is 12.2. The van der Waals surface area contributed by atoms with Gasteiger partial charge < -0.3 is 15.4 Å². The van der Waals surface area contributed by atoms with Crippen LogP contribution in [0.2, 0.25) is 0 Å². The van der Waals surface area contributed by atoms with Gasteiger partial charge in [0, 0.05) is 17.3 Å². The van der Waals surface area contributed by atoms with Crippen molar-refractivity contribution >= 4 is 35.1 Å². The van der Waals surface area contributed by atoms with Crippen molar-refractivity contribution < 1.29 is 9.53 Å². The molecule has 29 heavy (non-hydrogen) atoms. The number of rotatable bonds is 6. The summed E-state index contributed by atoms with van der Waals surface area (Å²) in [6.45, 7) is 0. The lowest BCUT2D eigenvalue weighted by Gasteiger charge is -2.24. The standard InChI is InChI=1S/C22H26N4O2S/c1-28-20-13-7-16(8-14-20)15-23-26-21(27)17-9-11-19(12-10-17)25-22(29)24-18-5-3-2-4-6-18/h7-15,18H,2-6H2,1H3,(H,26,27)(H2,24,25,29)/b23-15-. The Morgan fingerprint density at radius 2 is 1.76 bits per heavy atom. The van der Waals surface area contributed by atoms with E-state index in [0.717, 1.165) is 29.8 Å². The molecule has 7 heteroatoms. The molecular weight excluding hydrogens is 384 g/mol. The molecule has 0 aliphatic heterocycles. The second-order valence-corrected chi connectivity index (χ2v) is 7.39. The Morgan fingerprint density at radius 1 is 1.07 bits per heavy atom. The molecular formula is C22H26N4O2S. The molecule has 3 N–H and O–H groups in total. The van der Waals surface area contributed by atoms with Crippen molar-refractivity contribution in [3.8, 4) is 5.75 Å². The van der Waals surface area contributed by atoms with Gasteiger partial charge in [-0.3, -0.25) is 4.79 Å². The average Bonchev–Trinajstić information content (AvgIpc) is 2.75. The van der Waals surface area contributed by atoms with Gasteiger partial charge in [-0.15, -0.1) is 0 Å². The molecule has 0 heterocycles. The second kappa shape index (κ2) is 10.6. The van der Waals surface area contributed by atoms with E-state index in [1.165, 1.54) is 19.3 Å². The van der Waals surface area contributed by atoms with Crippen LogP contribution in [0.5, 0.6) is 5.75 Å². The number of amides is 1. The van der Waals surface area contributed by atoms with Crippen molar-refractivity contribution in [1.82, 2.24) is 10.7 Å². The van der Waals surface area contributed by atoms with Crippen LogP contribution in [0.25, 0.3) is 0 Å². The summed E-state index contributed by atoms with van der Waals surface area (Å²) >= 11 is 5.39. The number of hydrogen-bond donors (Lipinski definition) is 3. The highest BCUT2D eigenvalue weighted by Crippen LogP contribution is 2.18. The number of carbonyl (C=O) groups excluding carboxylic acids is 1. The molecule has 0 aromatic heterocycles. The fourth-order valence-electron chi connectivity index (χ4n) is 3.22. The van der Waals surface area contributed by atoms with Crippen LogP contribution in [0.15, 0.2) is 53.6 Å². The molecule has 152 valence electrons. The summed E-state index contributed by atoms with van der Waals surface area (Å²) < 4.78 is 5.11. The number of anilines is 1. The van der Waals surface area contributed by atoms with Crippen LogP contribution in [0.3, 0.4) is 0 Å². The Kier molecular flexibility index (Phi) is 7.58. The second-order valence-electron chi connectivity index (χ2n) is 6.98. The molecule has 1 amide bonds. The Hall–Kier alpha value is -2.93. The monoisotopic (exact) mass is 410 g/mol. The molecule has 2 aromatic rings. The average molecular weight is 411 g/mol. The molecule has 0 unspecified atom stereocenters. The van der Waals surface area contributed by atoms with Gasteiger partial charge in [-0.25, -0.2) is 5.43 Å². The summed E-state index contributed by atoms with van der Waals surface area (Å²) in [6, 6.07) is 15.0. The van der Waals surface area contributed by atoms with E-state index in [0.29, 0.717) is 16.7 Å². The van der Waals surface area contributed by atoms with Gasteiger partial charge in [0.25, 0.3) is 5.91 Å². The summed E-state index contributed by atoms with van der Waals surface area (Å²) in [5.41, 5.74) is 4.76. The minimum Gasteiger partial charge on any atom is -0.497 e. The zero-order chi connectivity index (χ0) is 20.5. The van der Waals surface area contributed by atoms with Crippen LogP contribution < -0.4 is 20.8 Å². The first-order valence-corrected chi connectivity index (χ1v) is 10.2. The Bertz CT molecular complexity index is 844. The predicted molar refractivity (Wildman–Crippen MR) is 121 cm³/mol. The van der Waals surface area contributed by atoms with Gasteiger partial charge in [0.2, 0.25) is 0 Å². The van der Waals surface area contributed by atoms with Gasteiger partial charge >= 0.3 is 0 Å². The smallest absolute Gasteiger partial charge is 0.271 e. The lowest BCUT2D eigenvalue weighted by molar-refractivity contribution is 0.0955. The molecule has 3 rings (SSSR count). The van der Waals surface area contributed by atoms with Crippen LogP contribution in [-0.2, 0) is 0 Å². The van der Waals surface area contributed by atoms with Gasteiger partial charge in [0.1, 0.15) is 5.75 Å². The van der Waals surface area contributed by atoms with E-state index in [2.05, 4.69) is 21.2 Å². The van der Waals surface area contributed by atoms with Crippen LogP contribution >= 0.6 is 12.2 Å². The van der Waals surface area contributed by atoms with Crippen molar-refractivity contribution in [1.29, 1.82) is 0 Å². The van der Waals surface area contributed by atoms with Crippen molar-refractivity contribution in [3.63, 3.8) is 0 Å². The third-order valence-corrected chi connectivity index (χ3v) is 5.06. The Labute approximate surface area is 176 Å². The highest BCUT2D eigenvalue weighted by atomic mass is 32.1. The highest BCUT2D eigenvalue weighted by molar-refractivity contribution is 7.80. The first-order chi connectivity index (χ1) is 14.1. The van der Waals surface area contributed by atoms with Gasteiger partial charge in [-0.2, -0.15) is 5.10 Å². The molecule has 1 aliphatic carbocycles. The maximum Gasteiger partial charge on any atom is 0.271 e. The number of methoxy groups -OCH3 is 1. The normalized spacial score (nSPS) is 14.4. The fraction of sp³-hybridized carbons (Fsp3) is 0.318. The number of hydrogen-bond acceptors (Lipinski definition) is 4. The molecule has 0 spiro atoms. The van der Waals surface area contributed by atoms with Gasteiger partial charge in [0.15, 0.2) is 5.11 Å². The van der Waals surface area contributed by atoms with E-state index in [-0.39, 0.29) is 5.91 Å². The van der Waals surface area contributed by atoms with E-state index >= 15 is 0 Å². The molecule has 1 saturated carbocycles. The quantitative estimate of drug-likeness (QED) is 0.380.